The summed E-state index contributed by atoms with van der Waals surface area (Å²) in [5.74, 6) is -1.16. The first-order valence-corrected chi connectivity index (χ1v) is 6.57. The zero-order chi connectivity index (χ0) is 15.6. The molecule has 8 nitrogen and oxygen atoms in total. The lowest BCUT2D eigenvalue weighted by Crippen LogP contribution is -2.40. The Morgan fingerprint density at radius 2 is 2.19 bits per heavy atom. The monoisotopic (exact) mass is 291 g/mol. The molecule has 0 aliphatic heterocycles. The highest BCUT2D eigenvalue weighted by Crippen LogP contribution is 2.19. The van der Waals surface area contributed by atoms with Crippen LogP contribution in [0.25, 0.3) is 5.78 Å². The highest BCUT2D eigenvalue weighted by atomic mass is 16.4. The maximum Gasteiger partial charge on any atom is 0.311 e. The fourth-order valence-electron chi connectivity index (χ4n) is 1.71. The van der Waals surface area contributed by atoms with Crippen molar-refractivity contribution in [3.63, 3.8) is 0 Å². The summed E-state index contributed by atoms with van der Waals surface area (Å²) < 4.78 is 1.46. The van der Waals surface area contributed by atoms with E-state index in [9.17, 15) is 14.7 Å². The number of nitrogens with one attached hydrogen (secondary N) is 1. The van der Waals surface area contributed by atoms with Crippen molar-refractivity contribution in [2.75, 3.05) is 6.54 Å². The Bertz CT molecular complexity index is 696. The number of aromatic nitrogens is 4. The Labute approximate surface area is 121 Å². The van der Waals surface area contributed by atoms with Gasteiger partial charge >= 0.3 is 5.97 Å². The van der Waals surface area contributed by atoms with Crippen molar-refractivity contribution >= 4 is 17.7 Å². The molecule has 8 heteroatoms. The van der Waals surface area contributed by atoms with E-state index in [0.717, 1.165) is 5.69 Å². The van der Waals surface area contributed by atoms with Crippen LogP contribution in [0.5, 0.6) is 0 Å². The molecule has 1 amide bonds. The molecule has 0 radical (unpaired) electrons. The molecule has 1 atom stereocenters. The molecule has 2 heterocycles. The minimum atomic E-state index is -1.01. The molecule has 2 N–H and O–H groups in total. The first-order valence-electron chi connectivity index (χ1n) is 6.57. The summed E-state index contributed by atoms with van der Waals surface area (Å²) in [5.41, 5.74) is -0.210. The second-order valence-corrected chi connectivity index (χ2v) is 5.14. The van der Waals surface area contributed by atoms with E-state index in [1.165, 1.54) is 4.52 Å². The van der Waals surface area contributed by atoms with E-state index in [2.05, 4.69) is 20.4 Å². The maximum atomic E-state index is 12.0. The van der Waals surface area contributed by atoms with Gasteiger partial charge in [0.15, 0.2) is 0 Å². The number of rotatable bonds is 5. The average molecular weight is 291 g/mol. The normalized spacial score (nSPS) is 13.9. The number of fused-ring (bicyclic) bond motifs is 1. The van der Waals surface area contributed by atoms with Gasteiger partial charge in [0.05, 0.1) is 5.41 Å². The van der Waals surface area contributed by atoms with Crippen LogP contribution in [0.4, 0.5) is 0 Å². The van der Waals surface area contributed by atoms with Gasteiger partial charge in [0, 0.05) is 18.4 Å². The van der Waals surface area contributed by atoms with Crippen LogP contribution in [0.3, 0.4) is 0 Å². The van der Waals surface area contributed by atoms with Crippen LogP contribution in [0.15, 0.2) is 12.3 Å². The number of hydrogen-bond donors (Lipinski definition) is 2. The molecular formula is C13H17N5O3. The molecule has 0 bridgehead atoms. The number of carbonyl (C=O) groups excluding carboxylic acids is 1. The predicted molar refractivity (Wildman–Crippen MR) is 73.9 cm³/mol. The summed E-state index contributed by atoms with van der Waals surface area (Å²) in [4.78, 5) is 31.3. The highest BCUT2D eigenvalue weighted by Gasteiger charge is 2.32. The highest BCUT2D eigenvalue weighted by molar-refractivity contribution is 5.91. The van der Waals surface area contributed by atoms with Gasteiger partial charge in [-0.3, -0.25) is 9.59 Å². The topological polar surface area (TPSA) is 109 Å². The standard InChI is InChI=1S/C13H17N5O3/c1-4-13(3,11(20)21)7-15-10(19)9-16-12-14-6-5-8(2)18(12)17-9/h5-6H,4,7H2,1-3H3,(H,15,19)(H,20,21). The summed E-state index contributed by atoms with van der Waals surface area (Å²) in [7, 11) is 0. The summed E-state index contributed by atoms with van der Waals surface area (Å²) >= 11 is 0. The summed E-state index contributed by atoms with van der Waals surface area (Å²) in [6, 6.07) is 1.75. The summed E-state index contributed by atoms with van der Waals surface area (Å²) in [5, 5.41) is 15.8. The molecule has 2 aromatic rings. The molecule has 0 aliphatic rings. The van der Waals surface area contributed by atoms with Crippen LogP contribution >= 0.6 is 0 Å². The number of aryl methyl sites for hydroxylation is 1. The van der Waals surface area contributed by atoms with Gasteiger partial charge in [-0.2, -0.15) is 4.98 Å². The van der Waals surface area contributed by atoms with Gasteiger partial charge in [-0.15, -0.1) is 5.10 Å². The first kappa shape index (κ1) is 14.9. The number of amides is 1. The third-order valence-electron chi connectivity index (χ3n) is 3.57. The Morgan fingerprint density at radius 1 is 1.48 bits per heavy atom. The lowest BCUT2D eigenvalue weighted by molar-refractivity contribution is -0.147. The van der Waals surface area contributed by atoms with E-state index < -0.39 is 17.3 Å². The largest absolute Gasteiger partial charge is 0.481 e. The minimum absolute atomic E-state index is 0.0135. The fourth-order valence-corrected chi connectivity index (χ4v) is 1.71. The zero-order valence-electron chi connectivity index (χ0n) is 12.1. The molecule has 0 spiro atoms. The fraction of sp³-hybridized carbons (Fsp3) is 0.462. The van der Waals surface area contributed by atoms with Crippen LogP contribution in [0, 0.1) is 12.3 Å². The zero-order valence-corrected chi connectivity index (χ0v) is 12.1. The Hall–Kier alpha value is -2.51. The molecule has 0 saturated heterocycles. The number of hydrogen-bond acceptors (Lipinski definition) is 5. The van der Waals surface area contributed by atoms with E-state index in [1.54, 1.807) is 26.1 Å². The van der Waals surface area contributed by atoms with E-state index >= 15 is 0 Å². The van der Waals surface area contributed by atoms with E-state index in [4.69, 9.17) is 0 Å². The van der Waals surface area contributed by atoms with Crippen LogP contribution in [0.1, 0.15) is 36.6 Å². The molecule has 0 aromatic carbocycles. The molecule has 0 saturated carbocycles. The molecule has 0 aliphatic carbocycles. The molecule has 112 valence electrons. The van der Waals surface area contributed by atoms with Crippen LogP contribution < -0.4 is 5.32 Å². The van der Waals surface area contributed by atoms with Gasteiger partial charge < -0.3 is 10.4 Å². The van der Waals surface area contributed by atoms with E-state index in [1.807, 2.05) is 6.92 Å². The minimum Gasteiger partial charge on any atom is -0.481 e. The molecule has 0 fully saturated rings. The Morgan fingerprint density at radius 3 is 2.76 bits per heavy atom. The van der Waals surface area contributed by atoms with Gasteiger partial charge in [-0.1, -0.05) is 6.92 Å². The van der Waals surface area contributed by atoms with Crippen molar-refractivity contribution in [1.29, 1.82) is 0 Å². The van der Waals surface area contributed by atoms with Crippen molar-refractivity contribution in [2.24, 2.45) is 5.41 Å². The predicted octanol–water partition coefficient (Wildman–Crippen LogP) is 0.663. The van der Waals surface area contributed by atoms with Gasteiger partial charge in [-0.25, -0.2) is 9.50 Å². The van der Waals surface area contributed by atoms with Gasteiger partial charge in [0.25, 0.3) is 11.7 Å². The van der Waals surface area contributed by atoms with Crippen molar-refractivity contribution in [3.05, 3.63) is 23.8 Å². The quantitative estimate of drug-likeness (QED) is 0.837. The SMILES string of the molecule is CCC(C)(CNC(=O)c1nc2nccc(C)n2n1)C(=O)O. The lowest BCUT2D eigenvalue weighted by Gasteiger charge is -2.22. The van der Waals surface area contributed by atoms with Crippen LogP contribution in [0.2, 0.25) is 0 Å². The molecular weight excluding hydrogens is 274 g/mol. The van der Waals surface area contributed by atoms with Crippen molar-refractivity contribution in [1.82, 2.24) is 24.9 Å². The van der Waals surface area contributed by atoms with Crippen molar-refractivity contribution in [3.8, 4) is 0 Å². The molecule has 1 unspecified atom stereocenters. The smallest absolute Gasteiger partial charge is 0.311 e. The third-order valence-corrected chi connectivity index (χ3v) is 3.57. The van der Waals surface area contributed by atoms with Crippen LogP contribution in [-0.4, -0.2) is 43.1 Å². The Balaban J connectivity index is 2.16. The summed E-state index contributed by atoms with van der Waals surface area (Å²) in [6.45, 7) is 5.18. The molecule has 2 aromatic heterocycles. The molecule has 21 heavy (non-hydrogen) atoms. The number of carboxylic acid groups (broad SMARTS) is 1. The second-order valence-electron chi connectivity index (χ2n) is 5.14. The number of nitrogens with zero attached hydrogens (tertiary/aromatic N) is 4. The summed E-state index contributed by atoms with van der Waals surface area (Å²) in [6.07, 6.45) is 1.99. The molecule has 2 rings (SSSR count). The third kappa shape index (κ3) is 2.83. The van der Waals surface area contributed by atoms with Crippen molar-refractivity contribution in [2.45, 2.75) is 27.2 Å². The number of carbonyl (C=O) groups is 2. The Kier molecular flexibility index (Phi) is 3.88. The first-order chi connectivity index (χ1) is 9.87. The van der Waals surface area contributed by atoms with E-state index in [0.29, 0.717) is 12.2 Å². The van der Waals surface area contributed by atoms with Crippen molar-refractivity contribution < 1.29 is 14.7 Å². The number of aliphatic carboxylic acids is 1. The van der Waals surface area contributed by atoms with E-state index in [-0.39, 0.29) is 12.4 Å². The van der Waals surface area contributed by atoms with Gasteiger partial charge in [0.2, 0.25) is 5.82 Å². The average Bonchev–Trinajstić information content (AvgIpc) is 2.89. The number of carboxylic acids is 1. The lowest BCUT2D eigenvalue weighted by atomic mass is 9.88. The second kappa shape index (κ2) is 5.47. The van der Waals surface area contributed by atoms with Gasteiger partial charge in [0.1, 0.15) is 0 Å². The maximum absolute atomic E-state index is 12.0. The van der Waals surface area contributed by atoms with Gasteiger partial charge in [-0.05, 0) is 26.3 Å². The van der Waals surface area contributed by atoms with Crippen LogP contribution in [-0.2, 0) is 4.79 Å².